The molecular weight excluding hydrogens is 307 g/mol. The van der Waals surface area contributed by atoms with Crippen LogP contribution in [0.15, 0.2) is 36.4 Å². The lowest BCUT2D eigenvalue weighted by atomic mass is 10.1. The molecule has 0 aliphatic rings. The van der Waals surface area contributed by atoms with Crippen molar-refractivity contribution in [2.75, 3.05) is 5.73 Å². The quantitative estimate of drug-likeness (QED) is 0.691. The smallest absolute Gasteiger partial charge is 0.181 e. The molecule has 0 saturated heterocycles. The van der Waals surface area contributed by atoms with Crippen LogP contribution in [0.2, 0.25) is 10.0 Å². The predicted octanol–water partition coefficient (Wildman–Crippen LogP) is 4.34. The fourth-order valence-corrected chi connectivity index (χ4v) is 2.52. The summed E-state index contributed by atoms with van der Waals surface area (Å²) in [6.45, 7) is 1.96. The van der Waals surface area contributed by atoms with E-state index in [0.29, 0.717) is 21.7 Å². The molecule has 0 saturated carbocycles. The van der Waals surface area contributed by atoms with Gasteiger partial charge >= 0.3 is 0 Å². The van der Waals surface area contributed by atoms with Crippen molar-refractivity contribution in [3.8, 4) is 22.8 Å². The second-order valence-electron chi connectivity index (χ2n) is 4.74. The van der Waals surface area contributed by atoms with E-state index in [9.17, 15) is 0 Å². The summed E-state index contributed by atoms with van der Waals surface area (Å²) in [6.07, 6.45) is 0. The number of rotatable bonds is 2. The van der Waals surface area contributed by atoms with Gasteiger partial charge in [-0.1, -0.05) is 35.3 Å². The van der Waals surface area contributed by atoms with Gasteiger partial charge in [-0.2, -0.15) is 5.10 Å². The molecule has 0 fully saturated rings. The van der Waals surface area contributed by atoms with Crippen LogP contribution in [-0.4, -0.2) is 15.2 Å². The van der Waals surface area contributed by atoms with Gasteiger partial charge < -0.3 is 5.73 Å². The van der Waals surface area contributed by atoms with Gasteiger partial charge in [0.25, 0.3) is 0 Å². The molecule has 0 bridgehead atoms. The third-order valence-electron chi connectivity index (χ3n) is 3.16. The molecule has 0 radical (unpaired) electrons. The van der Waals surface area contributed by atoms with E-state index in [2.05, 4.69) is 15.2 Å². The molecule has 1 aromatic heterocycles. The molecule has 0 atom stereocenters. The topological polar surface area (TPSA) is 67.6 Å². The highest BCUT2D eigenvalue weighted by Gasteiger charge is 2.10. The first kappa shape index (κ1) is 13.9. The van der Waals surface area contributed by atoms with E-state index in [-0.39, 0.29) is 0 Å². The monoisotopic (exact) mass is 318 g/mol. The Morgan fingerprint density at radius 3 is 2.38 bits per heavy atom. The van der Waals surface area contributed by atoms with E-state index in [4.69, 9.17) is 28.9 Å². The molecule has 0 unspecified atom stereocenters. The van der Waals surface area contributed by atoms with Crippen molar-refractivity contribution in [1.82, 2.24) is 15.2 Å². The number of nitrogens with two attached hydrogens (primary N) is 1. The molecule has 0 aliphatic carbocycles. The largest absolute Gasteiger partial charge is 0.398 e. The second-order valence-corrected chi connectivity index (χ2v) is 5.61. The lowest BCUT2D eigenvalue weighted by Crippen LogP contribution is -1.90. The molecular formula is C15H12Cl2N4. The third kappa shape index (κ3) is 2.86. The molecule has 3 rings (SSSR count). The van der Waals surface area contributed by atoms with Crippen LogP contribution in [0.3, 0.4) is 0 Å². The van der Waals surface area contributed by atoms with Crippen LogP contribution >= 0.6 is 23.2 Å². The first-order valence-corrected chi connectivity index (χ1v) is 7.04. The molecule has 0 aliphatic heterocycles. The van der Waals surface area contributed by atoms with Gasteiger partial charge in [-0.3, -0.25) is 5.10 Å². The fraction of sp³-hybridized carbons (Fsp3) is 0.0667. The van der Waals surface area contributed by atoms with Crippen molar-refractivity contribution < 1.29 is 0 Å². The number of aromatic amines is 1. The highest BCUT2D eigenvalue weighted by atomic mass is 35.5. The number of anilines is 1. The molecule has 0 spiro atoms. The van der Waals surface area contributed by atoms with Crippen molar-refractivity contribution in [3.05, 3.63) is 52.0 Å². The van der Waals surface area contributed by atoms with Crippen LogP contribution in [0.5, 0.6) is 0 Å². The van der Waals surface area contributed by atoms with Gasteiger partial charge in [-0.15, -0.1) is 0 Å². The maximum Gasteiger partial charge on any atom is 0.181 e. The first-order valence-electron chi connectivity index (χ1n) is 6.28. The molecule has 1 heterocycles. The Morgan fingerprint density at radius 1 is 1.00 bits per heavy atom. The third-order valence-corrected chi connectivity index (χ3v) is 3.60. The Labute approximate surface area is 131 Å². The van der Waals surface area contributed by atoms with Gasteiger partial charge in [0.15, 0.2) is 11.6 Å². The summed E-state index contributed by atoms with van der Waals surface area (Å²) in [4.78, 5) is 4.46. The normalized spacial score (nSPS) is 10.8. The molecule has 106 valence electrons. The Morgan fingerprint density at radius 2 is 1.71 bits per heavy atom. The van der Waals surface area contributed by atoms with Crippen LogP contribution in [-0.2, 0) is 0 Å². The number of halogens is 2. The van der Waals surface area contributed by atoms with Crippen molar-refractivity contribution in [2.24, 2.45) is 0 Å². The zero-order chi connectivity index (χ0) is 15.0. The van der Waals surface area contributed by atoms with Crippen LogP contribution in [0.4, 0.5) is 5.69 Å². The van der Waals surface area contributed by atoms with E-state index in [0.717, 1.165) is 22.4 Å². The Bertz CT molecular complexity index is 791. The maximum absolute atomic E-state index is 6.00. The minimum atomic E-state index is 0.536. The average Bonchev–Trinajstić information content (AvgIpc) is 2.90. The number of nitrogens with zero attached hydrogens (tertiary/aromatic N) is 2. The first-order chi connectivity index (χ1) is 10.0. The number of benzene rings is 2. The standard InChI is InChI=1S/C15H12Cl2N4/c1-8-2-3-9(6-13(8)18)14-19-15(21-20-14)10-4-11(16)7-12(17)5-10/h2-7H,18H2,1H3,(H,19,20,21). The second kappa shape index (κ2) is 5.39. The predicted molar refractivity (Wildman–Crippen MR) is 86.4 cm³/mol. The van der Waals surface area contributed by atoms with E-state index in [1.807, 2.05) is 25.1 Å². The zero-order valence-electron chi connectivity index (χ0n) is 11.2. The fourth-order valence-electron chi connectivity index (χ4n) is 1.99. The van der Waals surface area contributed by atoms with Gasteiger partial charge in [-0.05, 0) is 36.8 Å². The van der Waals surface area contributed by atoms with Crippen LogP contribution in [0.25, 0.3) is 22.8 Å². The number of hydrogen-bond acceptors (Lipinski definition) is 3. The molecule has 21 heavy (non-hydrogen) atoms. The molecule has 2 aromatic carbocycles. The Kier molecular flexibility index (Phi) is 3.57. The van der Waals surface area contributed by atoms with Gasteiger partial charge in [0, 0.05) is 26.9 Å². The minimum Gasteiger partial charge on any atom is -0.398 e. The van der Waals surface area contributed by atoms with Crippen molar-refractivity contribution in [3.63, 3.8) is 0 Å². The number of hydrogen-bond donors (Lipinski definition) is 2. The summed E-state index contributed by atoms with van der Waals surface area (Å²) in [7, 11) is 0. The number of nitrogen functional groups attached to an aromatic ring is 1. The van der Waals surface area contributed by atoms with E-state index >= 15 is 0 Å². The van der Waals surface area contributed by atoms with E-state index in [1.165, 1.54) is 0 Å². The van der Waals surface area contributed by atoms with Crippen LogP contribution < -0.4 is 5.73 Å². The summed E-state index contributed by atoms with van der Waals surface area (Å²) in [5.41, 5.74) is 9.30. The SMILES string of the molecule is Cc1ccc(-c2nc(-c3cc(Cl)cc(Cl)c3)n[nH]2)cc1N. The molecule has 6 heteroatoms. The van der Waals surface area contributed by atoms with E-state index in [1.54, 1.807) is 18.2 Å². The van der Waals surface area contributed by atoms with Crippen molar-refractivity contribution in [2.45, 2.75) is 6.92 Å². The lowest BCUT2D eigenvalue weighted by Gasteiger charge is -2.01. The van der Waals surface area contributed by atoms with Gasteiger partial charge in [0.1, 0.15) is 0 Å². The summed E-state index contributed by atoms with van der Waals surface area (Å²) in [6, 6.07) is 11.0. The van der Waals surface area contributed by atoms with Crippen molar-refractivity contribution >= 4 is 28.9 Å². The van der Waals surface area contributed by atoms with Gasteiger partial charge in [0.2, 0.25) is 0 Å². The highest BCUT2D eigenvalue weighted by Crippen LogP contribution is 2.27. The zero-order valence-corrected chi connectivity index (χ0v) is 12.7. The van der Waals surface area contributed by atoms with Crippen LogP contribution in [0.1, 0.15) is 5.56 Å². The lowest BCUT2D eigenvalue weighted by molar-refractivity contribution is 1.10. The Balaban J connectivity index is 2.01. The van der Waals surface area contributed by atoms with E-state index < -0.39 is 0 Å². The highest BCUT2D eigenvalue weighted by molar-refractivity contribution is 6.35. The maximum atomic E-state index is 6.00. The number of aromatic nitrogens is 3. The van der Waals surface area contributed by atoms with Gasteiger partial charge in [-0.25, -0.2) is 4.98 Å². The Hall–Kier alpha value is -2.04. The summed E-state index contributed by atoms with van der Waals surface area (Å²) < 4.78 is 0. The summed E-state index contributed by atoms with van der Waals surface area (Å²) in [5, 5.41) is 8.20. The van der Waals surface area contributed by atoms with Crippen LogP contribution in [0, 0.1) is 6.92 Å². The average molecular weight is 319 g/mol. The number of nitrogens with one attached hydrogen (secondary N) is 1. The molecule has 3 aromatic rings. The molecule has 4 nitrogen and oxygen atoms in total. The van der Waals surface area contributed by atoms with Gasteiger partial charge in [0.05, 0.1) is 0 Å². The minimum absolute atomic E-state index is 0.536. The number of H-pyrrole nitrogens is 1. The number of aryl methyl sites for hydroxylation is 1. The summed E-state index contributed by atoms with van der Waals surface area (Å²) in [5.74, 6) is 1.18. The summed E-state index contributed by atoms with van der Waals surface area (Å²) >= 11 is 12.0. The van der Waals surface area contributed by atoms with Crippen molar-refractivity contribution in [1.29, 1.82) is 0 Å². The molecule has 3 N–H and O–H groups in total. The molecule has 0 amide bonds.